The Bertz CT molecular complexity index is 3750. The Morgan fingerprint density at radius 3 is 0.478 bits per heavy atom. The van der Waals surface area contributed by atoms with Crippen LogP contribution in [0.15, 0.2) is 146 Å². The maximum atomic E-state index is 12.3. The van der Waals surface area contributed by atoms with Gasteiger partial charge in [-0.05, 0) is 196 Å². The molecule has 8 aromatic carbocycles. The van der Waals surface area contributed by atoms with Crippen LogP contribution in [0.3, 0.4) is 0 Å². The summed E-state index contributed by atoms with van der Waals surface area (Å²) in [5.74, 6) is 4.02. The number of rotatable bonds is 0. The Morgan fingerprint density at radius 2 is 0.356 bits per heavy atom. The average Bonchev–Trinajstić information content (AvgIpc) is 1.60. The first-order valence-corrected chi connectivity index (χ1v) is 36.2. The summed E-state index contributed by atoms with van der Waals surface area (Å²) in [6.45, 7) is 0. The summed E-state index contributed by atoms with van der Waals surface area (Å²) in [5.41, 5.74) is 18.1. The molecule has 466 valence electrons. The molecule has 4 aliphatic heterocycles. The van der Waals surface area contributed by atoms with Gasteiger partial charge in [0.2, 0.25) is 0 Å². The number of aryl methyl sites for hydroxylation is 8. The van der Waals surface area contributed by atoms with Gasteiger partial charge < -0.3 is 36.2 Å². The molecule has 16 nitrogen and oxygen atoms in total. The van der Waals surface area contributed by atoms with E-state index in [0.29, 0.717) is 46.0 Å². The minimum absolute atomic E-state index is 0. The van der Waals surface area contributed by atoms with E-state index in [2.05, 4.69) is 48.5 Å². The van der Waals surface area contributed by atoms with Crippen LogP contribution in [-0.2, 0) is 130 Å². The van der Waals surface area contributed by atoms with Crippen LogP contribution in [0.1, 0.15) is 140 Å². The molecule has 0 amide bonds. The molecule has 0 bridgehead atoms. The first-order valence-electron chi connectivity index (χ1n) is 30.2. The molecule has 2 radical (unpaired) electrons. The molecule has 0 fully saturated rings. The van der Waals surface area contributed by atoms with E-state index < -0.39 is 31.3 Å². The van der Waals surface area contributed by atoms with Crippen LogP contribution in [0.2, 0.25) is 0 Å². The Labute approximate surface area is 545 Å². The third-order valence-electron chi connectivity index (χ3n) is 21.0. The third-order valence-corrected chi connectivity index (χ3v) is 24.4. The summed E-state index contributed by atoms with van der Waals surface area (Å²) >= 11 is 0. The van der Waals surface area contributed by atoms with Crippen molar-refractivity contribution in [1.29, 1.82) is 0 Å². The molecule has 12 aliphatic rings. The van der Waals surface area contributed by atoms with Gasteiger partial charge in [-0.15, -0.1) is 0 Å². The fourth-order valence-corrected chi connectivity index (χ4v) is 21.4. The molecule has 8 aliphatic carbocycles. The van der Waals surface area contributed by atoms with Crippen molar-refractivity contribution in [3.8, 4) is 46.0 Å². The largest absolute Gasteiger partial charge is 0.584 e. The predicted octanol–water partition coefficient (Wildman–Crippen LogP) is 14.9. The Hall–Kier alpha value is -5.83. The third kappa shape index (κ3) is 9.23. The molecule has 4 spiro atoms. The maximum absolute atomic E-state index is 12.3. The van der Waals surface area contributed by atoms with Crippen molar-refractivity contribution in [3.63, 3.8) is 0 Å². The summed E-state index contributed by atoms with van der Waals surface area (Å²) in [5, 5.41) is 0. The van der Waals surface area contributed by atoms with Gasteiger partial charge in [-0.25, -0.2) is 18.3 Å². The minimum Gasteiger partial charge on any atom is -0.395 e. The molecule has 0 saturated carbocycles. The summed E-state index contributed by atoms with van der Waals surface area (Å²) in [6, 6.07) is 46.1. The van der Waals surface area contributed by atoms with Crippen molar-refractivity contribution >= 4 is 31.3 Å². The monoisotopic (exact) mass is 1460 g/mol. The van der Waals surface area contributed by atoms with E-state index >= 15 is 0 Å². The standard InChI is InChI=1S/4C17H15O4P.2Rh/c4*18-22(19)20-13-5-1-3-11-7-9-17(15(11)13)10-8-12-4-2-6-14(21-22)16(12)17;;/h4*1-6H,7-10H2,(H,18,19);;. The van der Waals surface area contributed by atoms with Crippen LogP contribution >= 0.6 is 31.3 Å². The molecule has 0 saturated heterocycles. The zero-order valence-electron chi connectivity index (χ0n) is 48.3. The van der Waals surface area contributed by atoms with Gasteiger partial charge in [0.1, 0.15) is 46.0 Å². The number of phosphoric acid groups is 4. The zero-order chi connectivity index (χ0) is 59.8. The van der Waals surface area contributed by atoms with Gasteiger partial charge in [-0.2, -0.15) is 0 Å². The van der Waals surface area contributed by atoms with Gasteiger partial charge >= 0.3 is 31.3 Å². The summed E-state index contributed by atoms with van der Waals surface area (Å²) in [6.07, 6.45) is 15.8. The fourth-order valence-electron chi connectivity index (χ4n) is 18.1. The molecule has 0 atom stereocenters. The van der Waals surface area contributed by atoms with E-state index in [0.717, 1.165) is 147 Å². The van der Waals surface area contributed by atoms with Crippen molar-refractivity contribution in [3.05, 3.63) is 235 Å². The minimum atomic E-state index is -4.16. The summed E-state index contributed by atoms with van der Waals surface area (Å²) in [7, 11) is -16.7. The van der Waals surface area contributed by atoms with E-state index in [-0.39, 0.29) is 60.6 Å². The van der Waals surface area contributed by atoms with E-state index in [1.807, 2.05) is 48.5 Å². The van der Waals surface area contributed by atoms with Gasteiger partial charge in [-0.3, -0.25) is 19.6 Å². The van der Waals surface area contributed by atoms with Crippen LogP contribution in [0, 0.1) is 0 Å². The molecule has 20 rings (SSSR count). The molecule has 22 heteroatoms. The van der Waals surface area contributed by atoms with Gasteiger partial charge in [-0.1, -0.05) is 97.1 Å². The zero-order valence-corrected chi connectivity index (χ0v) is 55.2. The van der Waals surface area contributed by atoms with Crippen molar-refractivity contribution in [2.45, 2.75) is 124 Å². The normalized spacial score (nSPS) is 24.6. The number of benzene rings is 8. The molecular weight excluding hydrogens is 1400 g/mol. The second kappa shape index (κ2) is 21.4. The first kappa shape index (κ1) is 60.4. The second-order valence-electron chi connectivity index (χ2n) is 25.3. The van der Waals surface area contributed by atoms with Crippen LogP contribution in [-0.4, -0.2) is 19.6 Å². The fraction of sp³-hybridized carbons (Fsp3) is 0.294. The SMILES string of the molecule is O=P1(O)Oc2cccc3c2C2(CC3)CCc3cccc(c32)O1.O=P1(O)Oc2cccc3c2C2(CC3)CCc3cccc(c32)O1.O=P1(O)Oc2cccc3c2C2(CC3)CCc3cccc(c32)O1.O=P1(O)Oc2cccc3c2C2(CC3)CCc3cccc(c32)O1.[Rh].[Rh]. The van der Waals surface area contributed by atoms with E-state index in [9.17, 15) is 37.8 Å². The van der Waals surface area contributed by atoms with Crippen LogP contribution in [0.4, 0.5) is 0 Å². The smallest absolute Gasteiger partial charge is 0.395 e. The van der Waals surface area contributed by atoms with E-state index in [4.69, 9.17) is 36.2 Å². The number of phosphoric ester groups is 4. The van der Waals surface area contributed by atoms with Gasteiger partial charge in [0.25, 0.3) is 0 Å². The predicted molar refractivity (Wildman–Crippen MR) is 326 cm³/mol. The van der Waals surface area contributed by atoms with Crippen LogP contribution in [0.5, 0.6) is 46.0 Å². The number of hydrogen-bond acceptors (Lipinski definition) is 12. The molecule has 4 N–H and O–H groups in total. The Kier molecular flexibility index (Phi) is 14.3. The van der Waals surface area contributed by atoms with Crippen LogP contribution < -0.4 is 36.2 Å². The number of hydrogen-bond donors (Lipinski definition) is 4. The molecular formula is C68H60O16P4Rh2. The Balaban J connectivity index is 0.0000000994. The molecule has 8 aromatic rings. The topological polar surface area (TPSA) is 223 Å². The van der Waals surface area contributed by atoms with Crippen molar-refractivity contribution < 1.29 is 113 Å². The van der Waals surface area contributed by atoms with Crippen LogP contribution in [0.25, 0.3) is 0 Å². The second-order valence-corrected chi connectivity index (χ2v) is 30.5. The van der Waals surface area contributed by atoms with Crippen molar-refractivity contribution in [1.82, 2.24) is 0 Å². The quantitative estimate of drug-likeness (QED) is 0.0818. The van der Waals surface area contributed by atoms with Crippen molar-refractivity contribution in [2.75, 3.05) is 0 Å². The first-order chi connectivity index (χ1) is 42.4. The van der Waals surface area contributed by atoms with E-state index in [1.165, 1.54) is 44.5 Å². The molecule has 90 heavy (non-hydrogen) atoms. The molecule has 4 heterocycles. The maximum Gasteiger partial charge on any atom is 0.584 e. The van der Waals surface area contributed by atoms with Gasteiger partial charge in [0, 0.05) is 105 Å². The summed E-state index contributed by atoms with van der Waals surface area (Å²) in [4.78, 5) is 40.3. The Morgan fingerprint density at radius 1 is 0.233 bits per heavy atom. The van der Waals surface area contributed by atoms with Gasteiger partial charge in [0.15, 0.2) is 0 Å². The summed E-state index contributed by atoms with van der Waals surface area (Å²) < 4.78 is 92.6. The van der Waals surface area contributed by atoms with Gasteiger partial charge in [0.05, 0.1) is 0 Å². The molecule has 0 unspecified atom stereocenters. The van der Waals surface area contributed by atoms with Crippen molar-refractivity contribution in [2.24, 2.45) is 0 Å². The average molecular weight is 1460 g/mol. The molecule has 0 aromatic heterocycles. The van der Waals surface area contributed by atoms with E-state index in [1.54, 1.807) is 48.5 Å².